The summed E-state index contributed by atoms with van der Waals surface area (Å²) in [5.74, 6) is 1.48. The average molecular weight is 393 g/mol. The molecule has 0 saturated heterocycles. The Bertz CT molecular complexity index is 1100. The summed E-state index contributed by atoms with van der Waals surface area (Å²) in [4.78, 5) is 21.1. The van der Waals surface area contributed by atoms with Gasteiger partial charge in [0.15, 0.2) is 11.5 Å². The van der Waals surface area contributed by atoms with Gasteiger partial charge in [0, 0.05) is 42.4 Å². The quantitative estimate of drug-likeness (QED) is 0.731. The highest BCUT2D eigenvalue weighted by Crippen LogP contribution is 2.47. The van der Waals surface area contributed by atoms with E-state index in [1.54, 1.807) is 4.52 Å². The number of hydrogen-bond acceptors (Lipinski definition) is 6. The zero-order valence-electron chi connectivity index (χ0n) is 16.6. The molecule has 1 fully saturated rings. The van der Waals surface area contributed by atoms with E-state index in [1.165, 1.54) is 6.33 Å². The molecule has 1 N–H and O–H groups in total. The molecule has 0 atom stereocenters. The standard InChI is InChI=1S/C21H23N5O3/c1-13-16(14(2)26-20(24-13)22-12-23-26)6-8-19(27)25-15-5-7-17-18(11-15)29-21(28-17)9-3-4-10-21/h5,7,11-12H,3-4,6,8-10H2,1-2H3,(H,25,27). The van der Waals surface area contributed by atoms with E-state index in [9.17, 15) is 4.79 Å². The highest BCUT2D eigenvalue weighted by molar-refractivity contribution is 5.91. The molecule has 1 spiro atoms. The third-order valence-electron chi connectivity index (χ3n) is 5.78. The Labute approximate surface area is 168 Å². The third-order valence-corrected chi connectivity index (χ3v) is 5.78. The van der Waals surface area contributed by atoms with Crippen molar-refractivity contribution in [2.45, 2.75) is 58.2 Å². The number of hydrogen-bond donors (Lipinski definition) is 1. The summed E-state index contributed by atoms with van der Waals surface area (Å²) in [5.41, 5.74) is 3.57. The maximum absolute atomic E-state index is 12.5. The number of nitrogens with zero attached hydrogens (tertiary/aromatic N) is 4. The zero-order valence-corrected chi connectivity index (χ0v) is 16.6. The van der Waals surface area contributed by atoms with Gasteiger partial charge in [0.25, 0.3) is 11.6 Å². The summed E-state index contributed by atoms with van der Waals surface area (Å²) in [6.07, 6.45) is 6.47. The molecule has 1 saturated carbocycles. The van der Waals surface area contributed by atoms with Gasteiger partial charge < -0.3 is 14.8 Å². The number of nitrogens with one attached hydrogen (secondary N) is 1. The lowest BCUT2D eigenvalue weighted by atomic mass is 10.1. The van der Waals surface area contributed by atoms with Crippen LogP contribution < -0.4 is 14.8 Å². The van der Waals surface area contributed by atoms with E-state index >= 15 is 0 Å². The van der Waals surface area contributed by atoms with Crippen molar-refractivity contribution in [3.8, 4) is 11.5 Å². The second-order valence-corrected chi connectivity index (χ2v) is 7.76. The lowest BCUT2D eigenvalue weighted by molar-refractivity contribution is -0.116. The molecule has 3 aromatic rings. The van der Waals surface area contributed by atoms with Gasteiger partial charge in [-0.3, -0.25) is 4.79 Å². The van der Waals surface area contributed by atoms with Crippen molar-refractivity contribution in [2.24, 2.45) is 0 Å². The van der Waals surface area contributed by atoms with E-state index in [1.807, 2.05) is 32.0 Å². The minimum absolute atomic E-state index is 0.0584. The van der Waals surface area contributed by atoms with Gasteiger partial charge in [-0.25, -0.2) is 9.50 Å². The van der Waals surface area contributed by atoms with Crippen LogP contribution in [-0.4, -0.2) is 31.3 Å². The van der Waals surface area contributed by atoms with Crippen LogP contribution in [0, 0.1) is 13.8 Å². The van der Waals surface area contributed by atoms with Gasteiger partial charge in [-0.15, -0.1) is 0 Å². The number of carbonyl (C=O) groups excluding carboxylic acids is 1. The second-order valence-electron chi connectivity index (χ2n) is 7.76. The Morgan fingerprint density at radius 3 is 2.83 bits per heavy atom. The predicted molar refractivity (Wildman–Crippen MR) is 106 cm³/mol. The molecule has 1 amide bonds. The number of aryl methyl sites for hydroxylation is 2. The molecule has 1 aliphatic heterocycles. The van der Waals surface area contributed by atoms with Crippen LogP contribution in [0.3, 0.4) is 0 Å². The molecule has 2 aliphatic rings. The summed E-state index contributed by atoms with van der Waals surface area (Å²) in [6.45, 7) is 3.91. The molecule has 0 unspecified atom stereocenters. The third kappa shape index (κ3) is 3.18. The molecular formula is C21H23N5O3. The largest absolute Gasteiger partial charge is 0.448 e. The number of ether oxygens (including phenoxy) is 2. The van der Waals surface area contributed by atoms with Gasteiger partial charge >= 0.3 is 0 Å². The van der Waals surface area contributed by atoms with Crippen molar-refractivity contribution in [2.75, 3.05) is 5.32 Å². The minimum atomic E-state index is -0.493. The molecule has 8 heteroatoms. The van der Waals surface area contributed by atoms with Crippen molar-refractivity contribution >= 4 is 17.4 Å². The molecule has 3 heterocycles. The number of aromatic nitrogens is 4. The van der Waals surface area contributed by atoms with Gasteiger partial charge in [0.2, 0.25) is 5.91 Å². The predicted octanol–water partition coefficient (Wildman–Crippen LogP) is 3.35. The fraction of sp³-hybridized carbons (Fsp3) is 0.429. The molecule has 5 rings (SSSR count). The summed E-state index contributed by atoms with van der Waals surface area (Å²) in [6, 6.07) is 5.57. The average Bonchev–Trinajstić information content (AvgIpc) is 3.41. The van der Waals surface area contributed by atoms with E-state index < -0.39 is 5.79 Å². The van der Waals surface area contributed by atoms with Crippen LogP contribution in [0.5, 0.6) is 11.5 Å². The zero-order chi connectivity index (χ0) is 20.0. The Kier molecular flexibility index (Phi) is 4.15. The first-order valence-electron chi connectivity index (χ1n) is 10.0. The molecule has 29 heavy (non-hydrogen) atoms. The molecule has 150 valence electrons. The van der Waals surface area contributed by atoms with E-state index in [2.05, 4.69) is 20.4 Å². The summed E-state index contributed by atoms with van der Waals surface area (Å²) < 4.78 is 13.8. The molecule has 0 radical (unpaired) electrons. The number of carbonyl (C=O) groups is 1. The number of rotatable bonds is 4. The normalized spacial score (nSPS) is 16.6. The molecule has 8 nitrogen and oxygen atoms in total. The summed E-state index contributed by atoms with van der Waals surface area (Å²) in [5, 5.41) is 7.16. The number of benzene rings is 1. The van der Waals surface area contributed by atoms with E-state index in [4.69, 9.17) is 9.47 Å². The lowest BCUT2D eigenvalue weighted by Gasteiger charge is -2.21. The fourth-order valence-electron chi connectivity index (χ4n) is 4.27. The minimum Gasteiger partial charge on any atom is -0.448 e. The monoisotopic (exact) mass is 393 g/mol. The van der Waals surface area contributed by atoms with Crippen molar-refractivity contribution in [3.63, 3.8) is 0 Å². The second kappa shape index (κ2) is 6.72. The number of fused-ring (bicyclic) bond motifs is 2. The maximum Gasteiger partial charge on any atom is 0.252 e. The van der Waals surface area contributed by atoms with Gasteiger partial charge in [-0.2, -0.15) is 10.1 Å². The van der Waals surface area contributed by atoms with Gasteiger partial charge in [-0.05, 0) is 50.8 Å². The van der Waals surface area contributed by atoms with Crippen LogP contribution in [0.25, 0.3) is 5.78 Å². The molecule has 2 aromatic heterocycles. The van der Waals surface area contributed by atoms with Crippen LogP contribution in [0.2, 0.25) is 0 Å². The van der Waals surface area contributed by atoms with Crippen LogP contribution in [0.1, 0.15) is 49.1 Å². The molecule has 1 aromatic carbocycles. The first-order chi connectivity index (χ1) is 14.0. The van der Waals surface area contributed by atoms with Crippen molar-refractivity contribution in [1.29, 1.82) is 0 Å². The smallest absolute Gasteiger partial charge is 0.252 e. The Morgan fingerprint density at radius 2 is 2.00 bits per heavy atom. The van der Waals surface area contributed by atoms with Crippen LogP contribution in [-0.2, 0) is 11.2 Å². The maximum atomic E-state index is 12.5. The van der Waals surface area contributed by atoms with Crippen molar-refractivity contribution in [3.05, 3.63) is 41.5 Å². The van der Waals surface area contributed by atoms with Gasteiger partial charge in [-0.1, -0.05) is 0 Å². The highest BCUT2D eigenvalue weighted by Gasteiger charge is 2.44. The van der Waals surface area contributed by atoms with Crippen LogP contribution in [0.4, 0.5) is 5.69 Å². The van der Waals surface area contributed by atoms with E-state index in [0.29, 0.717) is 30.1 Å². The Morgan fingerprint density at radius 1 is 1.21 bits per heavy atom. The van der Waals surface area contributed by atoms with Crippen molar-refractivity contribution < 1.29 is 14.3 Å². The molecular weight excluding hydrogens is 370 g/mol. The van der Waals surface area contributed by atoms with Gasteiger partial charge in [0.05, 0.1) is 0 Å². The Balaban J connectivity index is 1.25. The first-order valence-corrected chi connectivity index (χ1v) is 10.0. The topological polar surface area (TPSA) is 90.6 Å². The Hall–Kier alpha value is -3.16. The van der Waals surface area contributed by atoms with Crippen molar-refractivity contribution in [1.82, 2.24) is 19.6 Å². The highest BCUT2D eigenvalue weighted by atomic mass is 16.7. The fourth-order valence-corrected chi connectivity index (χ4v) is 4.27. The lowest BCUT2D eigenvalue weighted by Crippen LogP contribution is -2.34. The molecule has 1 aliphatic carbocycles. The summed E-state index contributed by atoms with van der Waals surface area (Å²) >= 11 is 0. The number of amides is 1. The molecule has 0 bridgehead atoms. The van der Waals surface area contributed by atoms with Gasteiger partial charge in [0.1, 0.15) is 6.33 Å². The SMILES string of the molecule is Cc1nc2ncnn2c(C)c1CCC(=O)Nc1ccc2c(c1)OC1(CCCC1)O2. The summed E-state index contributed by atoms with van der Waals surface area (Å²) in [7, 11) is 0. The number of anilines is 1. The van der Waals surface area contributed by atoms with Crippen LogP contribution in [0.15, 0.2) is 24.5 Å². The van der Waals surface area contributed by atoms with E-state index in [-0.39, 0.29) is 5.91 Å². The van der Waals surface area contributed by atoms with Crippen LogP contribution >= 0.6 is 0 Å². The first kappa shape index (κ1) is 17.9. The van der Waals surface area contributed by atoms with E-state index in [0.717, 1.165) is 48.4 Å².